The Hall–Kier alpha value is -0.570. The summed E-state index contributed by atoms with van der Waals surface area (Å²) >= 11 is 0. The first-order chi connectivity index (χ1) is 7.24. The SMILES string of the molecule is CCCCOC(=O)CNC(CC)CCC. The van der Waals surface area contributed by atoms with Crippen LogP contribution in [0.2, 0.25) is 0 Å². The van der Waals surface area contributed by atoms with Gasteiger partial charge in [0.2, 0.25) is 0 Å². The largest absolute Gasteiger partial charge is 0.465 e. The van der Waals surface area contributed by atoms with Crippen LogP contribution < -0.4 is 5.32 Å². The molecule has 0 aromatic carbocycles. The lowest BCUT2D eigenvalue weighted by molar-refractivity contribution is -0.142. The molecule has 0 saturated carbocycles. The van der Waals surface area contributed by atoms with Crippen molar-refractivity contribution in [3.05, 3.63) is 0 Å². The molecule has 0 aromatic rings. The molecule has 0 bridgehead atoms. The van der Waals surface area contributed by atoms with Crippen LogP contribution in [-0.2, 0) is 9.53 Å². The highest BCUT2D eigenvalue weighted by Gasteiger charge is 2.07. The van der Waals surface area contributed by atoms with E-state index in [2.05, 4.69) is 26.1 Å². The van der Waals surface area contributed by atoms with Crippen LogP contribution in [0.25, 0.3) is 0 Å². The average Bonchev–Trinajstić information content (AvgIpc) is 2.24. The molecule has 0 aliphatic heterocycles. The highest BCUT2D eigenvalue weighted by molar-refractivity contribution is 5.71. The molecule has 3 nitrogen and oxygen atoms in total. The summed E-state index contributed by atoms with van der Waals surface area (Å²) in [5.74, 6) is -0.127. The quantitative estimate of drug-likeness (QED) is 0.474. The Bertz CT molecular complexity index is 160. The summed E-state index contributed by atoms with van der Waals surface area (Å²) in [4.78, 5) is 11.3. The minimum atomic E-state index is -0.127. The number of rotatable bonds is 9. The van der Waals surface area contributed by atoms with E-state index < -0.39 is 0 Å². The molecule has 0 amide bonds. The zero-order valence-corrected chi connectivity index (χ0v) is 10.3. The van der Waals surface area contributed by atoms with Crippen LogP contribution in [0.1, 0.15) is 52.9 Å². The lowest BCUT2D eigenvalue weighted by Gasteiger charge is -2.15. The average molecular weight is 215 g/mol. The minimum Gasteiger partial charge on any atom is -0.465 e. The lowest BCUT2D eigenvalue weighted by atomic mass is 10.1. The molecule has 0 aliphatic rings. The van der Waals surface area contributed by atoms with Gasteiger partial charge in [-0.15, -0.1) is 0 Å². The van der Waals surface area contributed by atoms with Crippen molar-refractivity contribution in [2.24, 2.45) is 0 Å². The molecule has 0 heterocycles. The first-order valence-corrected chi connectivity index (χ1v) is 6.13. The van der Waals surface area contributed by atoms with E-state index >= 15 is 0 Å². The van der Waals surface area contributed by atoms with E-state index in [9.17, 15) is 4.79 Å². The summed E-state index contributed by atoms with van der Waals surface area (Å²) in [6.45, 7) is 7.28. The Balaban J connectivity index is 3.50. The molecule has 0 spiro atoms. The van der Waals surface area contributed by atoms with E-state index in [0.717, 1.165) is 32.1 Å². The smallest absolute Gasteiger partial charge is 0.319 e. The number of unbranched alkanes of at least 4 members (excludes halogenated alkanes) is 1. The van der Waals surface area contributed by atoms with E-state index in [-0.39, 0.29) is 5.97 Å². The number of ether oxygens (including phenoxy) is 1. The summed E-state index contributed by atoms with van der Waals surface area (Å²) < 4.78 is 5.05. The normalized spacial score (nSPS) is 12.5. The molecule has 0 aliphatic carbocycles. The lowest BCUT2D eigenvalue weighted by Crippen LogP contribution is -2.34. The molecule has 1 unspecified atom stereocenters. The van der Waals surface area contributed by atoms with Gasteiger partial charge in [0, 0.05) is 6.04 Å². The number of hydrogen-bond acceptors (Lipinski definition) is 3. The van der Waals surface area contributed by atoms with Gasteiger partial charge in [0.1, 0.15) is 0 Å². The summed E-state index contributed by atoms with van der Waals surface area (Å²) in [5.41, 5.74) is 0. The predicted molar refractivity (Wildman–Crippen MR) is 62.9 cm³/mol. The summed E-state index contributed by atoms with van der Waals surface area (Å²) in [7, 11) is 0. The molecule has 0 fully saturated rings. The second-order valence-corrected chi connectivity index (χ2v) is 3.85. The van der Waals surface area contributed by atoms with Crippen molar-refractivity contribution >= 4 is 5.97 Å². The number of carbonyl (C=O) groups is 1. The number of nitrogens with one attached hydrogen (secondary N) is 1. The first-order valence-electron chi connectivity index (χ1n) is 6.13. The summed E-state index contributed by atoms with van der Waals surface area (Å²) in [6.07, 6.45) is 5.36. The number of carbonyl (C=O) groups excluding carboxylic acids is 1. The van der Waals surface area contributed by atoms with Gasteiger partial charge in [0.05, 0.1) is 13.2 Å². The van der Waals surface area contributed by atoms with Gasteiger partial charge in [-0.3, -0.25) is 4.79 Å². The third kappa shape index (κ3) is 8.43. The van der Waals surface area contributed by atoms with Gasteiger partial charge in [-0.2, -0.15) is 0 Å². The van der Waals surface area contributed by atoms with Crippen molar-refractivity contribution in [2.75, 3.05) is 13.2 Å². The maximum atomic E-state index is 11.3. The van der Waals surface area contributed by atoms with E-state index in [4.69, 9.17) is 4.74 Å². The van der Waals surface area contributed by atoms with Crippen molar-refractivity contribution in [2.45, 2.75) is 58.9 Å². The van der Waals surface area contributed by atoms with E-state index in [1.54, 1.807) is 0 Å². The second kappa shape index (κ2) is 9.97. The summed E-state index contributed by atoms with van der Waals surface area (Å²) in [6, 6.07) is 0.453. The Kier molecular flexibility index (Phi) is 9.59. The summed E-state index contributed by atoms with van der Waals surface area (Å²) in [5, 5.41) is 3.22. The van der Waals surface area contributed by atoms with Crippen molar-refractivity contribution in [1.29, 1.82) is 0 Å². The molecule has 3 heteroatoms. The Morgan fingerprint density at radius 1 is 1.27 bits per heavy atom. The molecule has 1 N–H and O–H groups in total. The van der Waals surface area contributed by atoms with Crippen LogP contribution in [0.5, 0.6) is 0 Å². The molecular weight excluding hydrogens is 190 g/mol. The molecule has 0 radical (unpaired) electrons. The van der Waals surface area contributed by atoms with E-state index in [1.807, 2.05) is 0 Å². The van der Waals surface area contributed by atoms with Crippen molar-refractivity contribution in [3.8, 4) is 0 Å². The minimum absolute atomic E-state index is 0.127. The molecule has 1 atom stereocenters. The van der Waals surface area contributed by atoms with Crippen molar-refractivity contribution in [1.82, 2.24) is 5.32 Å². The fourth-order valence-corrected chi connectivity index (χ4v) is 1.41. The molecular formula is C12H25NO2. The highest BCUT2D eigenvalue weighted by Crippen LogP contribution is 2.00. The van der Waals surface area contributed by atoms with Gasteiger partial charge in [-0.1, -0.05) is 33.6 Å². The van der Waals surface area contributed by atoms with E-state index in [1.165, 1.54) is 0 Å². The fourth-order valence-electron chi connectivity index (χ4n) is 1.41. The molecule has 15 heavy (non-hydrogen) atoms. The van der Waals surface area contributed by atoms with Crippen LogP contribution in [0.15, 0.2) is 0 Å². The number of esters is 1. The van der Waals surface area contributed by atoms with Crippen LogP contribution in [0.3, 0.4) is 0 Å². The van der Waals surface area contributed by atoms with Crippen LogP contribution >= 0.6 is 0 Å². The monoisotopic (exact) mass is 215 g/mol. The Morgan fingerprint density at radius 3 is 2.53 bits per heavy atom. The second-order valence-electron chi connectivity index (χ2n) is 3.85. The highest BCUT2D eigenvalue weighted by atomic mass is 16.5. The fraction of sp³-hybridized carbons (Fsp3) is 0.917. The predicted octanol–water partition coefficient (Wildman–Crippen LogP) is 2.50. The zero-order chi connectivity index (χ0) is 11.5. The Morgan fingerprint density at radius 2 is 2.00 bits per heavy atom. The third-order valence-corrected chi connectivity index (χ3v) is 2.43. The maximum absolute atomic E-state index is 11.3. The molecule has 90 valence electrons. The van der Waals surface area contributed by atoms with Gasteiger partial charge < -0.3 is 10.1 Å². The zero-order valence-electron chi connectivity index (χ0n) is 10.3. The molecule has 0 rings (SSSR count). The Labute approximate surface area is 93.6 Å². The topological polar surface area (TPSA) is 38.3 Å². The van der Waals surface area contributed by atoms with Gasteiger partial charge in [0.15, 0.2) is 0 Å². The molecule has 0 saturated heterocycles. The standard InChI is InChI=1S/C12H25NO2/c1-4-7-9-15-12(14)10-13-11(6-3)8-5-2/h11,13H,4-10H2,1-3H3. The van der Waals surface area contributed by atoms with Crippen LogP contribution in [0.4, 0.5) is 0 Å². The third-order valence-electron chi connectivity index (χ3n) is 2.43. The number of hydrogen-bond donors (Lipinski definition) is 1. The maximum Gasteiger partial charge on any atom is 0.319 e. The molecule has 0 aromatic heterocycles. The first kappa shape index (κ1) is 14.4. The van der Waals surface area contributed by atoms with Gasteiger partial charge in [0.25, 0.3) is 0 Å². The van der Waals surface area contributed by atoms with Crippen molar-refractivity contribution < 1.29 is 9.53 Å². The van der Waals surface area contributed by atoms with Gasteiger partial charge >= 0.3 is 5.97 Å². The van der Waals surface area contributed by atoms with Gasteiger partial charge in [-0.05, 0) is 19.3 Å². The van der Waals surface area contributed by atoms with Crippen molar-refractivity contribution in [3.63, 3.8) is 0 Å². The van der Waals surface area contributed by atoms with E-state index in [0.29, 0.717) is 19.2 Å². The van der Waals surface area contributed by atoms with Crippen LogP contribution in [-0.4, -0.2) is 25.2 Å². The van der Waals surface area contributed by atoms with Crippen LogP contribution in [0, 0.1) is 0 Å². The van der Waals surface area contributed by atoms with Gasteiger partial charge in [-0.25, -0.2) is 0 Å².